The fourth-order valence-electron chi connectivity index (χ4n) is 1.80. The van der Waals surface area contributed by atoms with E-state index in [-0.39, 0.29) is 5.91 Å². The van der Waals surface area contributed by atoms with E-state index >= 15 is 0 Å². The van der Waals surface area contributed by atoms with Crippen LogP contribution in [0.25, 0.3) is 0 Å². The molecule has 1 heterocycles. The van der Waals surface area contributed by atoms with Crippen molar-refractivity contribution in [3.63, 3.8) is 0 Å². The van der Waals surface area contributed by atoms with Crippen LogP contribution in [0.2, 0.25) is 0 Å². The van der Waals surface area contributed by atoms with E-state index in [0.29, 0.717) is 6.04 Å². The highest BCUT2D eigenvalue weighted by Gasteiger charge is 2.13. The Balaban J connectivity index is 2.54. The molecule has 0 spiro atoms. The van der Waals surface area contributed by atoms with Crippen LogP contribution in [-0.2, 0) is 0 Å². The second-order valence-corrected chi connectivity index (χ2v) is 5.45. The predicted molar refractivity (Wildman–Crippen MR) is 70.1 cm³/mol. The second kappa shape index (κ2) is 6.69. The SMILES string of the molecule is CCCC(CCC)NC(=O)c1ccc(C)s1. The maximum Gasteiger partial charge on any atom is 0.261 e. The average Bonchev–Trinajstić information content (AvgIpc) is 2.65. The molecular weight excluding hydrogens is 218 g/mol. The number of hydrogen-bond acceptors (Lipinski definition) is 2. The standard InChI is InChI=1S/C13H21NOS/c1-4-6-11(7-5-2)14-13(15)12-9-8-10(3)16-12/h8-9,11H,4-7H2,1-3H3,(H,14,15). The first-order valence-electron chi connectivity index (χ1n) is 6.04. The van der Waals surface area contributed by atoms with Crippen LogP contribution in [0.4, 0.5) is 0 Å². The summed E-state index contributed by atoms with van der Waals surface area (Å²) in [5.41, 5.74) is 0. The van der Waals surface area contributed by atoms with Gasteiger partial charge in [0.25, 0.3) is 5.91 Å². The first-order valence-corrected chi connectivity index (χ1v) is 6.86. The highest BCUT2D eigenvalue weighted by atomic mass is 32.1. The van der Waals surface area contributed by atoms with Crippen LogP contribution in [0.1, 0.15) is 54.1 Å². The van der Waals surface area contributed by atoms with E-state index in [1.54, 1.807) is 11.3 Å². The Morgan fingerprint density at radius 3 is 2.38 bits per heavy atom. The van der Waals surface area contributed by atoms with Crippen molar-refractivity contribution in [3.05, 3.63) is 21.9 Å². The van der Waals surface area contributed by atoms with Crippen molar-refractivity contribution < 1.29 is 4.79 Å². The molecular formula is C13H21NOS. The average molecular weight is 239 g/mol. The van der Waals surface area contributed by atoms with Gasteiger partial charge < -0.3 is 5.32 Å². The van der Waals surface area contributed by atoms with Crippen LogP contribution in [-0.4, -0.2) is 11.9 Å². The lowest BCUT2D eigenvalue weighted by atomic mass is 10.1. The first kappa shape index (κ1) is 13.2. The zero-order valence-electron chi connectivity index (χ0n) is 10.4. The number of thiophene rings is 1. The maximum absolute atomic E-state index is 11.9. The van der Waals surface area contributed by atoms with Gasteiger partial charge in [0.1, 0.15) is 0 Å². The molecule has 0 aliphatic carbocycles. The number of carbonyl (C=O) groups excluding carboxylic acids is 1. The molecule has 1 N–H and O–H groups in total. The van der Waals surface area contributed by atoms with E-state index in [0.717, 1.165) is 30.6 Å². The molecule has 0 aromatic carbocycles. The van der Waals surface area contributed by atoms with E-state index in [9.17, 15) is 4.79 Å². The summed E-state index contributed by atoms with van der Waals surface area (Å²) in [5.74, 6) is 0.0880. The van der Waals surface area contributed by atoms with Gasteiger partial charge in [0, 0.05) is 10.9 Å². The van der Waals surface area contributed by atoms with Gasteiger partial charge in [-0.3, -0.25) is 4.79 Å². The van der Waals surface area contributed by atoms with E-state index in [4.69, 9.17) is 0 Å². The topological polar surface area (TPSA) is 29.1 Å². The summed E-state index contributed by atoms with van der Waals surface area (Å²) in [6, 6.07) is 4.24. The fourth-order valence-corrected chi connectivity index (χ4v) is 2.57. The predicted octanol–water partition coefficient (Wildman–Crippen LogP) is 3.76. The Kier molecular flexibility index (Phi) is 5.53. The molecule has 1 aromatic heterocycles. The molecule has 0 aliphatic heterocycles. The first-order chi connectivity index (χ1) is 7.67. The zero-order valence-corrected chi connectivity index (χ0v) is 11.2. The Bertz CT molecular complexity index is 326. The van der Waals surface area contributed by atoms with Crippen molar-refractivity contribution in [2.24, 2.45) is 0 Å². The molecule has 90 valence electrons. The lowest BCUT2D eigenvalue weighted by Gasteiger charge is -2.16. The number of rotatable bonds is 6. The van der Waals surface area contributed by atoms with Crippen LogP contribution in [0, 0.1) is 6.92 Å². The smallest absolute Gasteiger partial charge is 0.261 e. The number of amides is 1. The molecule has 0 radical (unpaired) electrons. The largest absolute Gasteiger partial charge is 0.349 e. The fraction of sp³-hybridized carbons (Fsp3) is 0.615. The summed E-state index contributed by atoms with van der Waals surface area (Å²) >= 11 is 1.56. The molecule has 3 heteroatoms. The van der Waals surface area contributed by atoms with E-state index in [2.05, 4.69) is 19.2 Å². The van der Waals surface area contributed by atoms with Gasteiger partial charge in [0.05, 0.1) is 4.88 Å². The Hall–Kier alpha value is -0.830. The minimum atomic E-state index is 0.0880. The molecule has 0 atom stereocenters. The van der Waals surface area contributed by atoms with Crippen LogP contribution in [0.15, 0.2) is 12.1 Å². The Labute approximate surface area is 102 Å². The molecule has 1 amide bonds. The number of hydrogen-bond donors (Lipinski definition) is 1. The maximum atomic E-state index is 11.9. The monoisotopic (exact) mass is 239 g/mol. The van der Waals surface area contributed by atoms with Crippen LogP contribution in [0.5, 0.6) is 0 Å². The molecule has 1 aromatic rings. The van der Waals surface area contributed by atoms with Gasteiger partial charge in [0.2, 0.25) is 0 Å². The quantitative estimate of drug-likeness (QED) is 0.804. The third-order valence-corrected chi connectivity index (χ3v) is 3.57. The van der Waals surface area contributed by atoms with Crippen LogP contribution < -0.4 is 5.32 Å². The van der Waals surface area contributed by atoms with E-state index in [1.807, 2.05) is 19.1 Å². The number of carbonyl (C=O) groups is 1. The lowest BCUT2D eigenvalue weighted by Crippen LogP contribution is -2.34. The Morgan fingerprint density at radius 1 is 1.31 bits per heavy atom. The summed E-state index contributed by atoms with van der Waals surface area (Å²) in [7, 11) is 0. The molecule has 2 nitrogen and oxygen atoms in total. The molecule has 0 fully saturated rings. The summed E-state index contributed by atoms with van der Waals surface area (Å²) in [6.45, 7) is 6.34. The highest BCUT2D eigenvalue weighted by molar-refractivity contribution is 7.13. The van der Waals surface area contributed by atoms with Crippen molar-refractivity contribution in [2.45, 2.75) is 52.5 Å². The molecule has 0 saturated carbocycles. The molecule has 0 saturated heterocycles. The van der Waals surface area contributed by atoms with E-state index < -0.39 is 0 Å². The third kappa shape index (κ3) is 3.97. The summed E-state index contributed by atoms with van der Waals surface area (Å²) in [5, 5.41) is 3.12. The van der Waals surface area contributed by atoms with Crippen LogP contribution in [0.3, 0.4) is 0 Å². The summed E-state index contributed by atoms with van der Waals surface area (Å²) in [4.78, 5) is 13.9. The van der Waals surface area contributed by atoms with Crippen molar-refractivity contribution in [1.82, 2.24) is 5.32 Å². The van der Waals surface area contributed by atoms with Crippen LogP contribution >= 0.6 is 11.3 Å². The summed E-state index contributed by atoms with van der Waals surface area (Å²) < 4.78 is 0. The minimum Gasteiger partial charge on any atom is -0.349 e. The number of nitrogens with one attached hydrogen (secondary N) is 1. The van der Waals surface area contributed by atoms with Gasteiger partial charge in [-0.25, -0.2) is 0 Å². The van der Waals surface area contributed by atoms with Gasteiger partial charge in [-0.05, 0) is 31.9 Å². The second-order valence-electron chi connectivity index (χ2n) is 4.16. The molecule has 0 bridgehead atoms. The molecule has 1 rings (SSSR count). The Morgan fingerprint density at radius 2 is 1.94 bits per heavy atom. The highest BCUT2D eigenvalue weighted by Crippen LogP contribution is 2.15. The van der Waals surface area contributed by atoms with Gasteiger partial charge in [-0.15, -0.1) is 11.3 Å². The van der Waals surface area contributed by atoms with E-state index in [1.165, 1.54) is 4.88 Å². The molecule has 0 unspecified atom stereocenters. The van der Waals surface area contributed by atoms with Gasteiger partial charge in [-0.1, -0.05) is 26.7 Å². The molecule has 16 heavy (non-hydrogen) atoms. The van der Waals surface area contributed by atoms with Crippen molar-refractivity contribution in [2.75, 3.05) is 0 Å². The third-order valence-electron chi connectivity index (χ3n) is 2.57. The van der Waals surface area contributed by atoms with Crippen molar-refractivity contribution in [3.8, 4) is 0 Å². The van der Waals surface area contributed by atoms with Gasteiger partial charge in [0.15, 0.2) is 0 Å². The normalized spacial score (nSPS) is 10.8. The minimum absolute atomic E-state index is 0.0880. The van der Waals surface area contributed by atoms with Crippen molar-refractivity contribution >= 4 is 17.2 Å². The lowest BCUT2D eigenvalue weighted by molar-refractivity contribution is 0.0936. The zero-order chi connectivity index (χ0) is 12.0. The molecule has 0 aliphatic rings. The van der Waals surface area contributed by atoms with Crippen molar-refractivity contribution in [1.29, 1.82) is 0 Å². The number of aryl methyl sites for hydroxylation is 1. The van der Waals surface area contributed by atoms with Gasteiger partial charge >= 0.3 is 0 Å². The summed E-state index contributed by atoms with van der Waals surface area (Å²) in [6.07, 6.45) is 4.39. The van der Waals surface area contributed by atoms with Gasteiger partial charge in [-0.2, -0.15) is 0 Å².